The Balaban J connectivity index is 2.55. The van der Waals surface area contributed by atoms with Gasteiger partial charge in [-0.2, -0.15) is 0 Å². The van der Waals surface area contributed by atoms with Crippen molar-refractivity contribution in [1.82, 2.24) is 4.57 Å². The summed E-state index contributed by atoms with van der Waals surface area (Å²) in [6, 6.07) is 8.84. The van der Waals surface area contributed by atoms with Crippen molar-refractivity contribution < 1.29 is 9.90 Å². The smallest absolute Gasteiger partial charge is 0.328 e. The fraction of sp³-hybridized carbons (Fsp3) is 0.182. The standard InChI is InChI=1S/C11H12N2O2/c12-7-10(11(14)15)13-6-5-8-3-1-2-4-9(8)13/h1-6,10H,7,12H2,(H,14,15). The van der Waals surface area contributed by atoms with E-state index in [1.165, 1.54) is 0 Å². The van der Waals surface area contributed by atoms with Crippen molar-refractivity contribution in [2.45, 2.75) is 6.04 Å². The van der Waals surface area contributed by atoms with Crippen LogP contribution < -0.4 is 5.73 Å². The van der Waals surface area contributed by atoms with E-state index < -0.39 is 12.0 Å². The summed E-state index contributed by atoms with van der Waals surface area (Å²) in [5.41, 5.74) is 6.35. The molecule has 0 amide bonds. The van der Waals surface area contributed by atoms with E-state index in [0.717, 1.165) is 10.9 Å². The molecular weight excluding hydrogens is 192 g/mol. The maximum atomic E-state index is 11.0. The first-order valence-electron chi connectivity index (χ1n) is 4.72. The third-order valence-corrected chi connectivity index (χ3v) is 2.47. The number of carboxylic acids is 1. The number of para-hydroxylation sites is 1. The SMILES string of the molecule is NCC(C(=O)O)n1ccc2ccccc21. The molecule has 1 atom stereocenters. The predicted octanol–water partition coefficient (Wildman–Crippen LogP) is 1.23. The zero-order valence-electron chi connectivity index (χ0n) is 8.13. The summed E-state index contributed by atoms with van der Waals surface area (Å²) >= 11 is 0. The van der Waals surface area contributed by atoms with Gasteiger partial charge in [-0.05, 0) is 17.5 Å². The molecular formula is C11H12N2O2. The van der Waals surface area contributed by atoms with Gasteiger partial charge in [0.2, 0.25) is 0 Å². The second-order valence-electron chi connectivity index (χ2n) is 3.37. The van der Waals surface area contributed by atoms with Gasteiger partial charge >= 0.3 is 5.97 Å². The minimum atomic E-state index is -0.904. The molecule has 0 spiro atoms. The second-order valence-corrected chi connectivity index (χ2v) is 3.37. The van der Waals surface area contributed by atoms with Crippen molar-refractivity contribution in [3.8, 4) is 0 Å². The van der Waals surface area contributed by atoms with Gasteiger partial charge in [-0.15, -0.1) is 0 Å². The average Bonchev–Trinajstić information content (AvgIpc) is 2.63. The molecule has 1 heterocycles. The zero-order valence-corrected chi connectivity index (χ0v) is 8.13. The molecule has 0 saturated carbocycles. The molecule has 0 aliphatic rings. The third kappa shape index (κ3) is 1.59. The number of nitrogens with zero attached hydrogens (tertiary/aromatic N) is 1. The molecule has 1 unspecified atom stereocenters. The number of hydrogen-bond donors (Lipinski definition) is 2. The van der Waals surface area contributed by atoms with Crippen LogP contribution in [0.1, 0.15) is 6.04 Å². The maximum Gasteiger partial charge on any atom is 0.328 e. The fourth-order valence-corrected chi connectivity index (χ4v) is 1.71. The summed E-state index contributed by atoms with van der Waals surface area (Å²) in [6.45, 7) is 0.0913. The van der Waals surface area contributed by atoms with Gasteiger partial charge in [0.05, 0.1) is 0 Å². The van der Waals surface area contributed by atoms with Crippen LogP contribution in [0.5, 0.6) is 0 Å². The quantitative estimate of drug-likeness (QED) is 0.790. The van der Waals surface area contributed by atoms with Crippen LogP contribution in [0.2, 0.25) is 0 Å². The summed E-state index contributed by atoms with van der Waals surface area (Å²) < 4.78 is 1.69. The van der Waals surface area contributed by atoms with Gasteiger partial charge in [0.1, 0.15) is 6.04 Å². The van der Waals surface area contributed by atoms with Crippen LogP contribution in [0.4, 0.5) is 0 Å². The van der Waals surface area contributed by atoms with Crippen LogP contribution in [0.25, 0.3) is 10.9 Å². The molecule has 0 fully saturated rings. The third-order valence-electron chi connectivity index (χ3n) is 2.47. The summed E-state index contributed by atoms with van der Waals surface area (Å²) in [5, 5.41) is 10.0. The molecule has 0 bridgehead atoms. The molecule has 1 aromatic carbocycles. The minimum absolute atomic E-state index is 0.0913. The molecule has 1 aromatic heterocycles. The Kier molecular flexibility index (Phi) is 2.43. The van der Waals surface area contributed by atoms with Crippen molar-refractivity contribution in [3.05, 3.63) is 36.5 Å². The van der Waals surface area contributed by atoms with Crippen LogP contribution in [0, 0.1) is 0 Å². The van der Waals surface area contributed by atoms with E-state index in [-0.39, 0.29) is 6.54 Å². The van der Waals surface area contributed by atoms with Crippen LogP contribution in [0.3, 0.4) is 0 Å². The number of aromatic nitrogens is 1. The number of fused-ring (bicyclic) bond motifs is 1. The van der Waals surface area contributed by atoms with Crippen LogP contribution in [-0.4, -0.2) is 22.2 Å². The second kappa shape index (κ2) is 3.74. The van der Waals surface area contributed by atoms with Gasteiger partial charge in [-0.3, -0.25) is 0 Å². The molecule has 4 heteroatoms. The van der Waals surface area contributed by atoms with E-state index in [9.17, 15) is 4.79 Å². The van der Waals surface area contributed by atoms with E-state index in [0.29, 0.717) is 0 Å². The minimum Gasteiger partial charge on any atom is -0.480 e. The molecule has 4 nitrogen and oxygen atoms in total. The lowest BCUT2D eigenvalue weighted by Gasteiger charge is -2.13. The first kappa shape index (κ1) is 9.73. The average molecular weight is 204 g/mol. The normalized spacial score (nSPS) is 12.9. The Bertz CT molecular complexity index is 490. The molecule has 0 radical (unpaired) electrons. The highest BCUT2D eigenvalue weighted by Crippen LogP contribution is 2.19. The number of nitrogens with two attached hydrogens (primary N) is 1. The van der Waals surface area contributed by atoms with Gasteiger partial charge in [0.15, 0.2) is 0 Å². The summed E-state index contributed by atoms with van der Waals surface area (Å²) in [7, 11) is 0. The number of rotatable bonds is 3. The largest absolute Gasteiger partial charge is 0.480 e. The Morgan fingerprint density at radius 2 is 2.13 bits per heavy atom. The Morgan fingerprint density at radius 1 is 1.40 bits per heavy atom. The topological polar surface area (TPSA) is 68.2 Å². The van der Waals surface area contributed by atoms with Crippen LogP contribution in [0.15, 0.2) is 36.5 Å². The Morgan fingerprint density at radius 3 is 2.80 bits per heavy atom. The number of carboxylic acid groups (broad SMARTS) is 1. The van der Waals surface area contributed by atoms with E-state index in [4.69, 9.17) is 10.8 Å². The monoisotopic (exact) mass is 204 g/mol. The number of aliphatic carboxylic acids is 1. The van der Waals surface area contributed by atoms with Crippen molar-refractivity contribution in [3.63, 3.8) is 0 Å². The molecule has 2 rings (SSSR count). The first-order valence-corrected chi connectivity index (χ1v) is 4.72. The van der Waals surface area contributed by atoms with Crippen LogP contribution >= 0.6 is 0 Å². The van der Waals surface area contributed by atoms with Crippen molar-refractivity contribution in [2.75, 3.05) is 6.54 Å². The summed E-state index contributed by atoms with van der Waals surface area (Å²) in [5.74, 6) is -0.904. The fourth-order valence-electron chi connectivity index (χ4n) is 1.71. The predicted molar refractivity (Wildman–Crippen MR) is 57.7 cm³/mol. The van der Waals surface area contributed by atoms with Gasteiger partial charge < -0.3 is 15.4 Å². The van der Waals surface area contributed by atoms with Gasteiger partial charge in [0, 0.05) is 18.3 Å². The lowest BCUT2D eigenvalue weighted by atomic mass is 10.2. The number of benzene rings is 1. The van der Waals surface area contributed by atoms with Crippen molar-refractivity contribution in [1.29, 1.82) is 0 Å². The van der Waals surface area contributed by atoms with Crippen molar-refractivity contribution >= 4 is 16.9 Å². The summed E-state index contributed by atoms with van der Waals surface area (Å²) in [6.07, 6.45) is 1.76. The van der Waals surface area contributed by atoms with E-state index in [2.05, 4.69) is 0 Å². The first-order chi connectivity index (χ1) is 7.24. The van der Waals surface area contributed by atoms with E-state index in [1.54, 1.807) is 10.8 Å². The van der Waals surface area contributed by atoms with Crippen molar-refractivity contribution in [2.24, 2.45) is 5.73 Å². The lowest BCUT2D eigenvalue weighted by Crippen LogP contribution is -2.26. The highest BCUT2D eigenvalue weighted by atomic mass is 16.4. The highest BCUT2D eigenvalue weighted by molar-refractivity contribution is 5.83. The van der Waals surface area contributed by atoms with Gasteiger partial charge in [-0.25, -0.2) is 4.79 Å². The molecule has 0 aliphatic carbocycles. The van der Waals surface area contributed by atoms with Crippen LogP contribution in [-0.2, 0) is 4.79 Å². The van der Waals surface area contributed by atoms with Gasteiger partial charge in [0.25, 0.3) is 0 Å². The molecule has 0 aliphatic heterocycles. The lowest BCUT2D eigenvalue weighted by molar-refractivity contribution is -0.140. The van der Waals surface area contributed by atoms with E-state index >= 15 is 0 Å². The molecule has 15 heavy (non-hydrogen) atoms. The Hall–Kier alpha value is -1.81. The van der Waals surface area contributed by atoms with Gasteiger partial charge in [-0.1, -0.05) is 18.2 Å². The number of carbonyl (C=O) groups is 1. The summed E-state index contributed by atoms with van der Waals surface area (Å²) in [4.78, 5) is 11.0. The Labute approximate surface area is 86.9 Å². The molecule has 78 valence electrons. The van der Waals surface area contributed by atoms with E-state index in [1.807, 2.05) is 30.3 Å². The maximum absolute atomic E-state index is 11.0. The zero-order chi connectivity index (χ0) is 10.8. The molecule has 3 N–H and O–H groups in total. The number of hydrogen-bond acceptors (Lipinski definition) is 2. The molecule has 0 saturated heterocycles. The highest BCUT2D eigenvalue weighted by Gasteiger charge is 2.18. The molecule has 2 aromatic rings.